The zero-order valence-corrected chi connectivity index (χ0v) is 19.3. The third-order valence-electron chi connectivity index (χ3n) is 4.54. The van der Waals surface area contributed by atoms with Crippen LogP contribution in [-0.4, -0.2) is 39.5 Å². The maximum absolute atomic E-state index is 13.0. The predicted molar refractivity (Wildman–Crippen MR) is 124 cm³/mol. The second-order valence-corrected chi connectivity index (χ2v) is 8.76. The van der Waals surface area contributed by atoms with E-state index in [1.54, 1.807) is 25.1 Å². The van der Waals surface area contributed by atoms with Crippen LogP contribution in [0.15, 0.2) is 48.5 Å². The van der Waals surface area contributed by atoms with Crippen molar-refractivity contribution in [2.75, 3.05) is 5.75 Å². The molecule has 31 heavy (non-hydrogen) atoms. The van der Waals surface area contributed by atoms with Crippen LogP contribution in [0.3, 0.4) is 0 Å². The summed E-state index contributed by atoms with van der Waals surface area (Å²) in [6.45, 7) is 5.66. The molecule has 0 bridgehead atoms. The lowest BCUT2D eigenvalue weighted by atomic mass is 10.1. The zero-order valence-electron chi connectivity index (χ0n) is 17.7. The van der Waals surface area contributed by atoms with Crippen molar-refractivity contribution in [3.63, 3.8) is 0 Å². The Labute approximate surface area is 191 Å². The number of nitrogens with one attached hydrogen (secondary N) is 1. The molecule has 2 amide bonds. The highest BCUT2D eigenvalue weighted by molar-refractivity contribution is 7.99. The summed E-state index contributed by atoms with van der Waals surface area (Å²) < 4.78 is 0. The van der Waals surface area contributed by atoms with Crippen LogP contribution >= 0.6 is 23.4 Å². The fourth-order valence-electron chi connectivity index (χ4n) is 2.85. The van der Waals surface area contributed by atoms with Crippen LogP contribution in [0.5, 0.6) is 0 Å². The number of hydrogen-bond acceptors (Lipinski definition) is 5. The Balaban J connectivity index is 2.06. The molecule has 0 aromatic heterocycles. The van der Waals surface area contributed by atoms with Gasteiger partial charge in [0.1, 0.15) is 6.04 Å². The lowest BCUT2D eigenvalue weighted by Crippen LogP contribution is -2.49. The Bertz CT molecular complexity index is 921. The summed E-state index contributed by atoms with van der Waals surface area (Å²) in [5, 5.41) is 14.1. The lowest BCUT2D eigenvalue weighted by molar-refractivity contribution is -0.384. The number of nitro groups is 1. The van der Waals surface area contributed by atoms with E-state index in [1.165, 1.54) is 28.8 Å². The average Bonchev–Trinajstić information content (AvgIpc) is 2.72. The van der Waals surface area contributed by atoms with Gasteiger partial charge in [-0.1, -0.05) is 41.9 Å². The van der Waals surface area contributed by atoms with Crippen LogP contribution in [0.4, 0.5) is 5.69 Å². The van der Waals surface area contributed by atoms with Gasteiger partial charge in [-0.15, -0.1) is 11.8 Å². The molecule has 0 spiro atoms. The van der Waals surface area contributed by atoms with E-state index in [1.807, 2.05) is 32.0 Å². The summed E-state index contributed by atoms with van der Waals surface area (Å²) in [7, 11) is 0. The summed E-state index contributed by atoms with van der Waals surface area (Å²) in [6, 6.07) is 12.8. The number of benzene rings is 2. The van der Waals surface area contributed by atoms with Crippen molar-refractivity contribution in [3.05, 3.63) is 74.8 Å². The Morgan fingerprint density at radius 1 is 1.13 bits per heavy atom. The Morgan fingerprint density at radius 2 is 1.77 bits per heavy atom. The van der Waals surface area contributed by atoms with Crippen molar-refractivity contribution in [2.45, 2.75) is 45.2 Å². The molecule has 0 unspecified atom stereocenters. The van der Waals surface area contributed by atoms with Gasteiger partial charge >= 0.3 is 0 Å². The number of nitrogens with zero attached hydrogens (tertiary/aromatic N) is 2. The molecular formula is C22H26ClN3O4S. The van der Waals surface area contributed by atoms with Crippen molar-refractivity contribution >= 4 is 40.9 Å². The number of carbonyl (C=O) groups excluding carboxylic acids is 2. The molecule has 2 aromatic rings. The molecule has 0 aliphatic rings. The normalized spacial score (nSPS) is 11.8. The standard InChI is InChI=1S/C22H26ClN3O4S/c1-15(2)24-22(28)16(3)25(12-18-6-4-5-7-20(18)23)21(27)14-31-13-17-8-10-19(11-9-17)26(29)30/h4-11,15-16H,12-14H2,1-3H3,(H,24,28)/t16-/m0/s1. The first-order chi connectivity index (χ1) is 14.7. The Kier molecular flexibility index (Phi) is 9.33. The fourth-order valence-corrected chi connectivity index (χ4v) is 3.92. The largest absolute Gasteiger partial charge is 0.352 e. The molecule has 1 N–H and O–H groups in total. The van der Waals surface area contributed by atoms with Gasteiger partial charge in [-0.3, -0.25) is 19.7 Å². The summed E-state index contributed by atoms with van der Waals surface area (Å²) in [4.78, 5) is 37.4. The van der Waals surface area contributed by atoms with E-state index < -0.39 is 11.0 Å². The number of hydrogen-bond donors (Lipinski definition) is 1. The van der Waals surface area contributed by atoms with E-state index in [0.717, 1.165) is 11.1 Å². The minimum absolute atomic E-state index is 0.0285. The van der Waals surface area contributed by atoms with Gasteiger partial charge in [0.15, 0.2) is 0 Å². The fraction of sp³-hybridized carbons (Fsp3) is 0.364. The number of amides is 2. The first kappa shape index (κ1) is 24.7. The molecule has 0 fully saturated rings. The lowest BCUT2D eigenvalue weighted by Gasteiger charge is -2.29. The molecule has 0 saturated carbocycles. The number of non-ortho nitro benzene ring substituents is 1. The van der Waals surface area contributed by atoms with E-state index in [4.69, 9.17) is 11.6 Å². The molecule has 2 rings (SSSR count). The second kappa shape index (κ2) is 11.7. The maximum atomic E-state index is 13.0. The highest BCUT2D eigenvalue weighted by atomic mass is 35.5. The van der Waals surface area contributed by atoms with Crippen LogP contribution < -0.4 is 5.32 Å². The van der Waals surface area contributed by atoms with Crippen molar-refractivity contribution in [2.24, 2.45) is 0 Å². The minimum atomic E-state index is -0.661. The molecule has 7 nitrogen and oxygen atoms in total. The van der Waals surface area contributed by atoms with Crippen molar-refractivity contribution < 1.29 is 14.5 Å². The number of thioether (sulfide) groups is 1. The molecular weight excluding hydrogens is 438 g/mol. The summed E-state index contributed by atoms with van der Waals surface area (Å²) >= 11 is 7.66. The molecule has 166 valence electrons. The number of halogens is 1. The van der Waals surface area contributed by atoms with Gasteiger partial charge in [0.05, 0.1) is 10.7 Å². The third kappa shape index (κ3) is 7.56. The molecule has 0 aliphatic heterocycles. The van der Waals surface area contributed by atoms with Crippen molar-refractivity contribution in [3.8, 4) is 0 Å². The van der Waals surface area contributed by atoms with E-state index in [0.29, 0.717) is 10.8 Å². The quantitative estimate of drug-likeness (QED) is 0.415. The molecule has 1 atom stereocenters. The molecule has 9 heteroatoms. The second-order valence-electron chi connectivity index (χ2n) is 7.37. The van der Waals surface area contributed by atoms with E-state index in [-0.39, 0.29) is 35.8 Å². The highest BCUT2D eigenvalue weighted by Gasteiger charge is 2.26. The molecule has 0 radical (unpaired) electrons. The van der Waals surface area contributed by atoms with Gasteiger partial charge in [0, 0.05) is 35.5 Å². The topological polar surface area (TPSA) is 92.6 Å². The molecule has 2 aromatic carbocycles. The first-order valence-electron chi connectivity index (χ1n) is 9.83. The first-order valence-corrected chi connectivity index (χ1v) is 11.4. The van der Waals surface area contributed by atoms with Gasteiger partial charge < -0.3 is 10.2 Å². The average molecular weight is 464 g/mol. The minimum Gasteiger partial charge on any atom is -0.352 e. The van der Waals surface area contributed by atoms with E-state index in [2.05, 4.69) is 5.32 Å². The maximum Gasteiger partial charge on any atom is 0.269 e. The van der Waals surface area contributed by atoms with Gasteiger partial charge in [-0.2, -0.15) is 0 Å². The van der Waals surface area contributed by atoms with Gasteiger partial charge in [0.25, 0.3) is 5.69 Å². The van der Waals surface area contributed by atoms with Crippen LogP contribution in [0.25, 0.3) is 0 Å². The van der Waals surface area contributed by atoms with Crippen molar-refractivity contribution in [1.29, 1.82) is 0 Å². The number of nitro benzene ring substituents is 1. The van der Waals surface area contributed by atoms with Crippen molar-refractivity contribution in [1.82, 2.24) is 10.2 Å². The molecule has 0 saturated heterocycles. The summed E-state index contributed by atoms with van der Waals surface area (Å²) in [5.74, 6) is 0.283. The number of rotatable bonds is 10. The summed E-state index contributed by atoms with van der Waals surface area (Å²) in [5.41, 5.74) is 1.68. The van der Waals surface area contributed by atoms with Crippen LogP contribution in [-0.2, 0) is 21.9 Å². The Hall–Kier alpha value is -2.58. The van der Waals surface area contributed by atoms with Gasteiger partial charge in [-0.25, -0.2) is 0 Å². The smallest absolute Gasteiger partial charge is 0.269 e. The third-order valence-corrected chi connectivity index (χ3v) is 5.90. The predicted octanol–water partition coefficient (Wildman–Crippen LogP) is 4.42. The number of carbonyl (C=O) groups is 2. The molecule has 0 aliphatic carbocycles. The molecule has 0 heterocycles. The Morgan fingerprint density at radius 3 is 2.35 bits per heavy atom. The van der Waals surface area contributed by atoms with Gasteiger partial charge in [0.2, 0.25) is 11.8 Å². The van der Waals surface area contributed by atoms with Crippen LogP contribution in [0.2, 0.25) is 5.02 Å². The zero-order chi connectivity index (χ0) is 23.0. The van der Waals surface area contributed by atoms with Crippen LogP contribution in [0.1, 0.15) is 31.9 Å². The monoisotopic (exact) mass is 463 g/mol. The SMILES string of the molecule is CC(C)NC(=O)[C@H](C)N(Cc1ccccc1Cl)C(=O)CSCc1ccc([N+](=O)[O-])cc1. The highest BCUT2D eigenvalue weighted by Crippen LogP contribution is 2.21. The van der Waals surface area contributed by atoms with E-state index >= 15 is 0 Å². The van der Waals surface area contributed by atoms with E-state index in [9.17, 15) is 19.7 Å². The van der Waals surface area contributed by atoms with Crippen LogP contribution in [0, 0.1) is 10.1 Å². The summed E-state index contributed by atoms with van der Waals surface area (Å²) in [6.07, 6.45) is 0. The van der Waals surface area contributed by atoms with Gasteiger partial charge in [-0.05, 0) is 38.0 Å².